The quantitative estimate of drug-likeness (QED) is 0.787. The van der Waals surface area contributed by atoms with Gasteiger partial charge in [0.2, 0.25) is 0 Å². The van der Waals surface area contributed by atoms with Crippen molar-refractivity contribution in [1.82, 2.24) is 10.2 Å². The fourth-order valence-electron chi connectivity index (χ4n) is 4.36. The molecule has 0 aromatic heterocycles. The summed E-state index contributed by atoms with van der Waals surface area (Å²) in [5, 5.41) is 3.47. The van der Waals surface area contributed by atoms with Gasteiger partial charge in [-0.15, -0.1) is 0 Å². The van der Waals surface area contributed by atoms with Crippen molar-refractivity contribution >= 4 is 0 Å². The van der Waals surface area contributed by atoms with E-state index >= 15 is 0 Å². The van der Waals surface area contributed by atoms with Crippen LogP contribution in [0, 0.1) is 17.8 Å². The van der Waals surface area contributed by atoms with Crippen LogP contribution in [0.1, 0.15) is 38.5 Å². The molecular weight excluding hydrogens is 196 g/mol. The Bertz CT molecular complexity index is 235. The van der Waals surface area contributed by atoms with E-state index in [1.165, 1.54) is 51.7 Å². The van der Waals surface area contributed by atoms with Crippen LogP contribution in [0.4, 0.5) is 0 Å². The Morgan fingerprint density at radius 3 is 2.50 bits per heavy atom. The molecule has 1 N–H and O–H groups in total. The Morgan fingerprint density at radius 1 is 1.06 bits per heavy atom. The molecule has 1 aliphatic heterocycles. The molecule has 0 radical (unpaired) electrons. The first-order chi connectivity index (χ1) is 7.83. The highest BCUT2D eigenvalue weighted by Gasteiger charge is 2.41. The molecule has 2 bridgehead atoms. The summed E-state index contributed by atoms with van der Waals surface area (Å²) in [5.74, 6) is 3.10. The smallest absolute Gasteiger partial charge is 0.0123 e. The molecule has 0 spiro atoms. The van der Waals surface area contributed by atoms with Crippen molar-refractivity contribution in [3.63, 3.8) is 0 Å². The topological polar surface area (TPSA) is 15.3 Å². The van der Waals surface area contributed by atoms with Crippen molar-refractivity contribution < 1.29 is 0 Å². The molecule has 2 heteroatoms. The predicted octanol–water partition coefficient (Wildman–Crippen LogP) is 2.11. The summed E-state index contributed by atoms with van der Waals surface area (Å²) in [6, 6.07) is 0.939. The number of hydrogen-bond acceptors (Lipinski definition) is 2. The van der Waals surface area contributed by atoms with Crippen molar-refractivity contribution in [2.45, 2.75) is 44.6 Å². The molecule has 1 heterocycles. The molecule has 0 amide bonds. The number of fused-ring (bicyclic) bond motifs is 2. The standard InChI is InChI=1S/C14H26N2/c1-16(10-11-4-6-15-7-5-11)14-9-12-2-3-13(14)8-12/h11-15H,2-10H2,1H3. The van der Waals surface area contributed by atoms with Crippen molar-refractivity contribution in [2.24, 2.45) is 17.8 Å². The van der Waals surface area contributed by atoms with Crippen LogP contribution >= 0.6 is 0 Å². The Kier molecular flexibility index (Phi) is 3.21. The van der Waals surface area contributed by atoms with E-state index in [0.29, 0.717) is 0 Å². The summed E-state index contributed by atoms with van der Waals surface area (Å²) in [6.45, 7) is 3.85. The van der Waals surface area contributed by atoms with E-state index in [-0.39, 0.29) is 0 Å². The molecule has 1 saturated heterocycles. The van der Waals surface area contributed by atoms with E-state index in [0.717, 1.165) is 23.8 Å². The van der Waals surface area contributed by atoms with Crippen LogP contribution in [0.2, 0.25) is 0 Å². The van der Waals surface area contributed by atoms with Crippen LogP contribution in [0.25, 0.3) is 0 Å². The number of nitrogens with one attached hydrogen (secondary N) is 1. The maximum atomic E-state index is 3.47. The van der Waals surface area contributed by atoms with Crippen molar-refractivity contribution in [1.29, 1.82) is 0 Å². The van der Waals surface area contributed by atoms with E-state index in [2.05, 4.69) is 17.3 Å². The molecule has 3 unspecified atom stereocenters. The van der Waals surface area contributed by atoms with Gasteiger partial charge >= 0.3 is 0 Å². The van der Waals surface area contributed by atoms with Gasteiger partial charge in [0.05, 0.1) is 0 Å². The predicted molar refractivity (Wildman–Crippen MR) is 67.5 cm³/mol. The van der Waals surface area contributed by atoms with E-state index in [4.69, 9.17) is 0 Å². The first-order valence-corrected chi connectivity index (χ1v) is 7.24. The summed E-state index contributed by atoms with van der Waals surface area (Å²) in [4.78, 5) is 2.71. The van der Waals surface area contributed by atoms with E-state index < -0.39 is 0 Å². The van der Waals surface area contributed by atoms with Gasteiger partial charge in [-0.1, -0.05) is 6.42 Å². The highest BCUT2D eigenvalue weighted by atomic mass is 15.1. The third-order valence-corrected chi connectivity index (χ3v) is 5.27. The normalized spacial score (nSPS) is 39.8. The summed E-state index contributed by atoms with van der Waals surface area (Å²) in [5.41, 5.74) is 0. The highest BCUT2D eigenvalue weighted by Crippen LogP contribution is 2.46. The second kappa shape index (κ2) is 4.66. The molecule has 92 valence electrons. The van der Waals surface area contributed by atoms with Gasteiger partial charge in [-0.3, -0.25) is 0 Å². The Balaban J connectivity index is 1.51. The summed E-state index contributed by atoms with van der Waals surface area (Å²) < 4.78 is 0. The largest absolute Gasteiger partial charge is 0.317 e. The van der Waals surface area contributed by atoms with Crippen LogP contribution in [-0.4, -0.2) is 37.6 Å². The van der Waals surface area contributed by atoms with Crippen LogP contribution in [0.5, 0.6) is 0 Å². The van der Waals surface area contributed by atoms with Gasteiger partial charge in [-0.2, -0.15) is 0 Å². The molecule has 2 nitrogen and oxygen atoms in total. The Hall–Kier alpha value is -0.0800. The summed E-state index contributed by atoms with van der Waals surface area (Å²) >= 11 is 0. The van der Waals surface area contributed by atoms with Gasteiger partial charge in [0, 0.05) is 12.6 Å². The van der Waals surface area contributed by atoms with E-state index in [1.807, 2.05) is 0 Å². The zero-order valence-corrected chi connectivity index (χ0v) is 10.6. The number of nitrogens with zero attached hydrogens (tertiary/aromatic N) is 1. The molecule has 0 aromatic carbocycles. The second-order valence-corrected chi connectivity index (χ2v) is 6.38. The van der Waals surface area contributed by atoms with Gasteiger partial charge in [0.25, 0.3) is 0 Å². The van der Waals surface area contributed by atoms with Crippen molar-refractivity contribution in [3.8, 4) is 0 Å². The van der Waals surface area contributed by atoms with Crippen LogP contribution < -0.4 is 5.32 Å². The summed E-state index contributed by atoms with van der Waals surface area (Å²) in [6.07, 6.45) is 8.89. The van der Waals surface area contributed by atoms with Gasteiger partial charge in [0.15, 0.2) is 0 Å². The molecule has 3 atom stereocenters. The third kappa shape index (κ3) is 2.14. The highest BCUT2D eigenvalue weighted by molar-refractivity contribution is 4.95. The minimum Gasteiger partial charge on any atom is -0.317 e. The Morgan fingerprint density at radius 2 is 1.88 bits per heavy atom. The van der Waals surface area contributed by atoms with E-state index in [9.17, 15) is 0 Å². The zero-order chi connectivity index (χ0) is 11.0. The molecule has 3 fully saturated rings. The molecule has 2 aliphatic carbocycles. The second-order valence-electron chi connectivity index (χ2n) is 6.38. The molecular formula is C14H26N2. The minimum absolute atomic E-state index is 0.939. The molecule has 0 aromatic rings. The van der Waals surface area contributed by atoms with E-state index in [1.54, 1.807) is 6.42 Å². The monoisotopic (exact) mass is 222 g/mol. The molecule has 16 heavy (non-hydrogen) atoms. The first-order valence-electron chi connectivity index (χ1n) is 7.24. The summed E-state index contributed by atoms with van der Waals surface area (Å²) in [7, 11) is 2.38. The third-order valence-electron chi connectivity index (χ3n) is 5.27. The Labute approximate surface area is 99.8 Å². The lowest BCUT2D eigenvalue weighted by Gasteiger charge is -2.35. The fourth-order valence-corrected chi connectivity index (χ4v) is 4.36. The SMILES string of the molecule is CN(CC1CCNCC1)C1CC2CCC1C2. The molecule has 3 aliphatic rings. The average Bonchev–Trinajstić information content (AvgIpc) is 2.92. The first kappa shape index (κ1) is 11.0. The maximum Gasteiger partial charge on any atom is 0.0123 e. The van der Waals surface area contributed by atoms with Gasteiger partial charge in [-0.05, 0) is 70.0 Å². The molecule has 3 rings (SSSR count). The lowest BCUT2D eigenvalue weighted by molar-refractivity contribution is 0.141. The fraction of sp³-hybridized carbons (Fsp3) is 1.00. The van der Waals surface area contributed by atoms with Crippen molar-refractivity contribution in [2.75, 3.05) is 26.7 Å². The maximum absolute atomic E-state index is 3.47. The van der Waals surface area contributed by atoms with Gasteiger partial charge < -0.3 is 10.2 Å². The van der Waals surface area contributed by atoms with Gasteiger partial charge in [-0.25, -0.2) is 0 Å². The van der Waals surface area contributed by atoms with Gasteiger partial charge in [0.1, 0.15) is 0 Å². The molecule has 2 saturated carbocycles. The number of piperidine rings is 1. The van der Waals surface area contributed by atoms with Crippen molar-refractivity contribution in [3.05, 3.63) is 0 Å². The number of rotatable bonds is 3. The zero-order valence-electron chi connectivity index (χ0n) is 10.6. The average molecular weight is 222 g/mol. The minimum atomic E-state index is 0.939. The van der Waals surface area contributed by atoms with Crippen LogP contribution in [0.3, 0.4) is 0 Å². The number of hydrogen-bond donors (Lipinski definition) is 1. The van der Waals surface area contributed by atoms with Crippen LogP contribution in [0.15, 0.2) is 0 Å². The van der Waals surface area contributed by atoms with Crippen LogP contribution in [-0.2, 0) is 0 Å². The lowest BCUT2D eigenvalue weighted by Crippen LogP contribution is -2.41. The lowest BCUT2D eigenvalue weighted by atomic mass is 9.92.